The van der Waals surface area contributed by atoms with Gasteiger partial charge < -0.3 is 14.8 Å². The number of nitrogens with one attached hydrogen (secondary N) is 1. The van der Waals surface area contributed by atoms with Crippen LogP contribution in [0.1, 0.15) is 24.1 Å². The molecule has 1 heterocycles. The summed E-state index contributed by atoms with van der Waals surface area (Å²) >= 11 is 0.881. The van der Waals surface area contributed by atoms with E-state index in [2.05, 4.69) is 5.32 Å². The van der Waals surface area contributed by atoms with Crippen LogP contribution >= 0.6 is 11.8 Å². The maximum Gasteiger partial charge on any atom is 0.298 e. The molecule has 3 aromatic carbocycles. The van der Waals surface area contributed by atoms with Gasteiger partial charge in [0.2, 0.25) is 0 Å². The standard InChI is InChI=1S/C27H24N2O5S/c1-18(20-9-5-3-6-10-20)28-25(30)17-34-22-14-13-19(15-23(22)33-2)16-24-26(31)29(27(32)35-24)21-11-7-4-8-12-21/h3-16,18H,17H2,1-2H3,(H,28,30)/b24-16+/t18-/m1/s1. The van der Waals surface area contributed by atoms with Gasteiger partial charge in [0.1, 0.15) is 0 Å². The summed E-state index contributed by atoms with van der Waals surface area (Å²) in [5.41, 5.74) is 2.19. The number of imide groups is 1. The molecule has 1 atom stereocenters. The number of para-hydroxylation sites is 1. The van der Waals surface area contributed by atoms with Gasteiger partial charge in [-0.25, -0.2) is 4.90 Å². The number of ether oxygens (including phenoxy) is 2. The monoisotopic (exact) mass is 488 g/mol. The van der Waals surface area contributed by atoms with Crippen molar-refractivity contribution in [3.05, 3.63) is 94.9 Å². The molecule has 1 aliphatic heterocycles. The molecule has 1 saturated heterocycles. The Kier molecular flexibility index (Phi) is 7.52. The van der Waals surface area contributed by atoms with E-state index < -0.39 is 0 Å². The maximum absolute atomic E-state index is 12.8. The van der Waals surface area contributed by atoms with Crippen molar-refractivity contribution < 1.29 is 23.9 Å². The van der Waals surface area contributed by atoms with Crippen LogP contribution < -0.4 is 19.7 Å². The zero-order valence-corrected chi connectivity index (χ0v) is 20.1. The molecule has 1 aliphatic rings. The summed E-state index contributed by atoms with van der Waals surface area (Å²) in [6.07, 6.45) is 1.63. The Balaban J connectivity index is 1.42. The minimum atomic E-state index is -0.380. The van der Waals surface area contributed by atoms with Crippen LogP contribution in [0, 0.1) is 0 Å². The Morgan fingerprint density at radius 1 is 1.00 bits per heavy atom. The Labute approximate surface area is 207 Å². The number of amides is 3. The smallest absolute Gasteiger partial charge is 0.298 e. The van der Waals surface area contributed by atoms with Crippen LogP contribution in [0.5, 0.6) is 11.5 Å². The molecule has 8 heteroatoms. The van der Waals surface area contributed by atoms with Crippen molar-refractivity contribution in [1.29, 1.82) is 0 Å². The van der Waals surface area contributed by atoms with Crippen molar-refractivity contribution in [3.8, 4) is 11.5 Å². The minimum Gasteiger partial charge on any atom is -0.493 e. The van der Waals surface area contributed by atoms with Gasteiger partial charge >= 0.3 is 0 Å². The van der Waals surface area contributed by atoms with Gasteiger partial charge in [-0.15, -0.1) is 0 Å². The van der Waals surface area contributed by atoms with E-state index in [1.54, 1.807) is 48.5 Å². The lowest BCUT2D eigenvalue weighted by atomic mass is 10.1. The lowest BCUT2D eigenvalue weighted by Gasteiger charge is -2.15. The van der Waals surface area contributed by atoms with E-state index in [1.165, 1.54) is 7.11 Å². The Hall–Kier alpha value is -4.04. The van der Waals surface area contributed by atoms with Gasteiger partial charge in [0.25, 0.3) is 17.1 Å². The first-order valence-corrected chi connectivity index (χ1v) is 11.8. The first-order chi connectivity index (χ1) is 17.0. The topological polar surface area (TPSA) is 84.9 Å². The summed E-state index contributed by atoms with van der Waals surface area (Å²) in [5, 5.41) is 2.55. The highest BCUT2D eigenvalue weighted by molar-refractivity contribution is 8.19. The van der Waals surface area contributed by atoms with Crippen LogP contribution in [0.3, 0.4) is 0 Å². The van der Waals surface area contributed by atoms with E-state index >= 15 is 0 Å². The number of benzene rings is 3. The van der Waals surface area contributed by atoms with Gasteiger partial charge in [0.05, 0.1) is 23.7 Å². The lowest BCUT2D eigenvalue weighted by molar-refractivity contribution is -0.123. The quantitative estimate of drug-likeness (QED) is 0.439. The molecule has 0 aromatic heterocycles. The van der Waals surface area contributed by atoms with Crippen LogP contribution in [-0.2, 0) is 9.59 Å². The first kappa shape index (κ1) is 24.1. The third-order valence-electron chi connectivity index (χ3n) is 5.33. The average molecular weight is 489 g/mol. The minimum absolute atomic E-state index is 0.150. The number of thioether (sulfide) groups is 1. The van der Waals surface area contributed by atoms with Crippen LogP contribution in [0.15, 0.2) is 83.8 Å². The Bertz CT molecular complexity index is 1260. The second-order valence-electron chi connectivity index (χ2n) is 7.75. The number of hydrogen-bond acceptors (Lipinski definition) is 6. The van der Waals surface area contributed by atoms with Crippen molar-refractivity contribution in [2.75, 3.05) is 18.6 Å². The number of anilines is 1. The van der Waals surface area contributed by atoms with Gasteiger partial charge in [-0.05, 0) is 60.2 Å². The van der Waals surface area contributed by atoms with E-state index in [4.69, 9.17) is 9.47 Å². The molecular weight excluding hydrogens is 464 g/mol. The summed E-state index contributed by atoms with van der Waals surface area (Å²) in [7, 11) is 1.49. The third-order valence-corrected chi connectivity index (χ3v) is 6.20. The Morgan fingerprint density at radius 3 is 2.37 bits per heavy atom. The first-order valence-electron chi connectivity index (χ1n) is 10.9. The SMILES string of the molecule is COc1cc(/C=C2/SC(=O)N(c3ccccc3)C2=O)ccc1OCC(=O)N[C@H](C)c1ccccc1. The zero-order valence-electron chi connectivity index (χ0n) is 19.3. The highest BCUT2D eigenvalue weighted by Crippen LogP contribution is 2.37. The predicted molar refractivity (Wildman–Crippen MR) is 136 cm³/mol. The summed E-state index contributed by atoms with van der Waals surface area (Å²) in [6.45, 7) is 1.73. The number of nitrogens with zero attached hydrogens (tertiary/aromatic N) is 1. The van der Waals surface area contributed by atoms with Crippen molar-refractivity contribution in [3.63, 3.8) is 0 Å². The highest BCUT2D eigenvalue weighted by Gasteiger charge is 2.36. The number of methoxy groups -OCH3 is 1. The fraction of sp³-hybridized carbons (Fsp3) is 0.148. The molecular formula is C27H24N2O5S. The summed E-state index contributed by atoms with van der Waals surface area (Å²) < 4.78 is 11.1. The van der Waals surface area contributed by atoms with Crippen LogP contribution in [-0.4, -0.2) is 30.8 Å². The second-order valence-corrected chi connectivity index (χ2v) is 8.74. The molecule has 3 aromatic rings. The molecule has 1 N–H and O–H groups in total. The number of carbonyl (C=O) groups excluding carboxylic acids is 3. The number of carbonyl (C=O) groups is 3. The van der Waals surface area contributed by atoms with E-state index in [1.807, 2.05) is 43.3 Å². The van der Waals surface area contributed by atoms with Gasteiger partial charge in [-0.3, -0.25) is 14.4 Å². The molecule has 7 nitrogen and oxygen atoms in total. The lowest BCUT2D eigenvalue weighted by Crippen LogP contribution is -2.31. The highest BCUT2D eigenvalue weighted by atomic mass is 32.2. The molecule has 0 spiro atoms. The summed E-state index contributed by atoms with van der Waals surface area (Å²) in [6, 6.07) is 23.4. The van der Waals surface area contributed by atoms with E-state index in [0.717, 1.165) is 22.2 Å². The number of rotatable bonds is 8. The molecule has 178 valence electrons. The third kappa shape index (κ3) is 5.73. The van der Waals surface area contributed by atoms with Gasteiger partial charge in [0.15, 0.2) is 18.1 Å². The zero-order chi connectivity index (χ0) is 24.8. The Morgan fingerprint density at radius 2 is 1.69 bits per heavy atom. The predicted octanol–water partition coefficient (Wildman–Crippen LogP) is 5.19. The molecule has 0 radical (unpaired) electrons. The van der Waals surface area contributed by atoms with Crippen molar-refractivity contribution in [2.45, 2.75) is 13.0 Å². The van der Waals surface area contributed by atoms with E-state index in [9.17, 15) is 14.4 Å². The van der Waals surface area contributed by atoms with Crippen molar-refractivity contribution >= 4 is 40.6 Å². The normalized spacial score (nSPS) is 15.3. The number of hydrogen-bond donors (Lipinski definition) is 1. The van der Waals surface area contributed by atoms with Gasteiger partial charge in [0, 0.05) is 0 Å². The van der Waals surface area contributed by atoms with Crippen molar-refractivity contribution in [2.24, 2.45) is 0 Å². The average Bonchev–Trinajstić information content (AvgIpc) is 3.16. The largest absolute Gasteiger partial charge is 0.493 e. The fourth-order valence-electron chi connectivity index (χ4n) is 3.56. The van der Waals surface area contributed by atoms with Crippen LogP contribution in [0.2, 0.25) is 0 Å². The van der Waals surface area contributed by atoms with Crippen LogP contribution in [0.4, 0.5) is 10.5 Å². The molecule has 4 rings (SSSR count). The van der Waals surface area contributed by atoms with Crippen molar-refractivity contribution in [1.82, 2.24) is 5.32 Å². The molecule has 3 amide bonds. The second kappa shape index (κ2) is 10.9. The molecule has 1 fully saturated rings. The van der Waals surface area contributed by atoms with Crippen LogP contribution in [0.25, 0.3) is 6.08 Å². The molecule has 0 bridgehead atoms. The van der Waals surface area contributed by atoms with E-state index in [-0.39, 0.29) is 29.7 Å². The summed E-state index contributed by atoms with van der Waals surface area (Å²) in [5.74, 6) is 0.159. The molecule has 35 heavy (non-hydrogen) atoms. The summed E-state index contributed by atoms with van der Waals surface area (Å²) in [4.78, 5) is 39.1. The molecule has 0 unspecified atom stereocenters. The molecule has 0 saturated carbocycles. The maximum atomic E-state index is 12.8. The molecule has 0 aliphatic carbocycles. The fourth-order valence-corrected chi connectivity index (χ4v) is 4.40. The van der Waals surface area contributed by atoms with E-state index in [0.29, 0.717) is 27.7 Å². The van der Waals surface area contributed by atoms with Gasteiger partial charge in [-0.1, -0.05) is 54.6 Å². The van der Waals surface area contributed by atoms with Gasteiger partial charge in [-0.2, -0.15) is 0 Å².